The van der Waals surface area contributed by atoms with Crippen LogP contribution in [0, 0.1) is 6.92 Å². The minimum Gasteiger partial charge on any atom is -0.399 e. The van der Waals surface area contributed by atoms with Gasteiger partial charge in [-0.15, -0.1) is 0 Å². The largest absolute Gasteiger partial charge is 0.496 e. The van der Waals surface area contributed by atoms with Crippen LogP contribution in [0.3, 0.4) is 0 Å². The monoisotopic (exact) mass is 306 g/mol. The van der Waals surface area contributed by atoms with Crippen molar-refractivity contribution in [1.29, 1.82) is 0 Å². The molecule has 1 N–H and O–H groups in total. The van der Waals surface area contributed by atoms with Gasteiger partial charge in [-0.1, -0.05) is 0 Å². The summed E-state index contributed by atoms with van der Waals surface area (Å²) in [6, 6.07) is 2.03. The Morgan fingerprint density at radius 3 is 2.41 bits per heavy atom. The minimum absolute atomic E-state index is 0.332. The van der Waals surface area contributed by atoms with Crippen molar-refractivity contribution in [3.05, 3.63) is 17.8 Å². The molecular weight excluding hydrogens is 279 g/mol. The van der Waals surface area contributed by atoms with Crippen molar-refractivity contribution in [3.63, 3.8) is 0 Å². The second-order valence-corrected chi connectivity index (χ2v) is 6.79. The lowest BCUT2D eigenvalue weighted by Crippen LogP contribution is -2.41. The number of rotatable bonds is 6. The maximum absolute atomic E-state index is 6.08. The number of hydrogen-bond donors (Lipinski definition) is 1. The summed E-state index contributed by atoms with van der Waals surface area (Å²) in [5.41, 5.74) is 1.44. The molecule has 0 radical (unpaired) electrons. The first-order valence-electron chi connectivity index (χ1n) is 7.82. The normalized spacial score (nSPS) is 19.5. The van der Waals surface area contributed by atoms with Gasteiger partial charge in [0.05, 0.1) is 11.2 Å². The molecule has 0 aliphatic carbocycles. The lowest BCUT2D eigenvalue weighted by atomic mass is 9.77. The van der Waals surface area contributed by atoms with Gasteiger partial charge in [-0.3, -0.25) is 0 Å². The zero-order chi connectivity index (χ0) is 16.4. The number of anilines is 1. The molecule has 0 aromatic carbocycles. The predicted octanol–water partition coefficient (Wildman–Crippen LogP) is 2.14. The van der Waals surface area contributed by atoms with Crippen LogP contribution in [0.1, 0.15) is 39.7 Å². The fourth-order valence-corrected chi connectivity index (χ4v) is 2.31. The van der Waals surface area contributed by atoms with E-state index < -0.39 is 0 Å². The quantitative estimate of drug-likeness (QED) is 0.644. The van der Waals surface area contributed by atoms with Crippen molar-refractivity contribution in [2.75, 3.05) is 25.6 Å². The molecule has 1 aliphatic rings. The summed E-state index contributed by atoms with van der Waals surface area (Å²) >= 11 is 0. The van der Waals surface area contributed by atoms with Crippen molar-refractivity contribution in [3.8, 4) is 0 Å². The average Bonchev–Trinajstić information content (AvgIpc) is 2.63. The maximum Gasteiger partial charge on any atom is 0.496 e. The molecule has 0 spiro atoms. The van der Waals surface area contributed by atoms with E-state index in [0.29, 0.717) is 0 Å². The van der Waals surface area contributed by atoms with Crippen LogP contribution in [0.25, 0.3) is 0 Å². The summed E-state index contributed by atoms with van der Waals surface area (Å²) < 4.78 is 17.2. The van der Waals surface area contributed by atoms with Gasteiger partial charge in [-0.05, 0) is 52.7 Å². The highest BCUT2D eigenvalue weighted by Gasteiger charge is 2.52. The van der Waals surface area contributed by atoms with Crippen molar-refractivity contribution >= 4 is 18.4 Å². The maximum atomic E-state index is 6.08. The molecule has 6 heteroatoms. The van der Waals surface area contributed by atoms with E-state index in [2.05, 4.69) is 44.9 Å². The molecule has 0 saturated carbocycles. The van der Waals surface area contributed by atoms with Crippen LogP contribution < -0.4 is 10.8 Å². The number of ether oxygens (including phenoxy) is 1. The molecular formula is C16H27BN2O3. The molecule has 2 rings (SSSR count). The zero-order valence-electron chi connectivity index (χ0n) is 14.5. The molecule has 0 atom stereocenters. The lowest BCUT2D eigenvalue weighted by Gasteiger charge is -2.32. The highest BCUT2D eigenvalue weighted by atomic mass is 16.7. The van der Waals surface area contributed by atoms with Crippen LogP contribution in [-0.4, -0.2) is 43.6 Å². The number of nitrogens with one attached hydrogen (secondary N) is 1. The Bertz CT molecular complexity index is 504. The third kappa shape index (κ3) is 3.62. The van der Waals surface area contributed by atoms with E-state index in [1.165, 1.54) is 0 Å². The second-order valence-electron chi connectivity index (χ2n) is 6.79. The van der Waals surface area contributed by atoms with Gasteiger partial charge in [-0.2, -0.15) is 0 Å². The first-order valence-corrected chi connectivity index (χ1v) is 7.82. The number of hydrogen-bond acceptors (Lipinski definition) is 5. The zero-order valence-corrected chi connectivity index (χ0v) is 14.5. The number of aromatic nitrogens is 1. The van der Waals surface area contributed by atoms with Gasteiger partial charge in [0, 0.05) is 31.9 Å². The highest BCUT2D eigenvalue weighted by Crippen LogP contribution is 2.36. The molecule has 5 nitrogen and oxygen atoms in total. The van der Waals surface area contributed by atoms with E-state index in [9.17, 15) is 0 Å². The van der Waals surface area contributed by atoms with Gasteiger partial charge in [-0.25, -0.2) is 4.98 Å². The molecule has 0 bridgehead atoms. The summed E-state index contributed by atoms with van der Waals surface area (Å²) in [4.78, 5) is 4.47. The first kappa shape index (κ1) is 17.3. The van der Waals surface area contributed by atoms with Crippen LogP contribution >= 0.6 is 0 Å². The van der Waals surface area contributed by atoms with Crippen LogP contribution in [-0.2, 0) is 14.0 Å². The standard InChI is InChI=1S/C16H27BN2O3/c1-12-10-14(18-8-7-9-20-6)19-11-13(12)17-21-15(2,3)16(4,5)22-17/h10-11H,7-9H2,1-6H3,(H,18,19). The van der Waals surface area contributed by atoms with E-state index in [1.54, 1.807) is 7.11 Å². The molecule has 1 saturated heterocycles. The molecule has 1 aromatic rings. The Morgan fingerprint density at radius 2 is 1.86 bits per heavy atom. The van der Waals surface area contributed by atoms with E-state index in [4.69, 9.17) is 14.0 Å². The van der Waals surface area contributed by atoms with Gasteiger partial charge in [0.25, 0.3) is 0 Å². The summed E-state index contributed by atoms with van der Waals surface area (Å²) in [6.45, 7) is 11.9. The lowest BCUT2D eigenvalue weighted by molar-refractivity contribution is 0.00578. The molecule has 0 amide bonds. The van der Waals surface area contributed by atoms with Crippen LogP contribution in [0.4, 0.5) is 5.82 Å². The number of methoxy groups -OCH3 is 1. The number of aryl methyl sites for hydroxylation is 1. The summed E-state index contributed by atoms with van der Waals surface area (Å²) in [5, 5.41) is 3.30. The topological polar surface area (TPSA) is 52.6 Å². The Morgan fingerprint density at radius 1 is 1.23 bits per heavy atom. The van der Waals surface area contributed by atoms with Crippen LogP contribution in [0.2, 0.25) is 0 Å². The highest BCUT2D eigenvalue weighted by molar-refractivity contribution is 6.62. The van der Waals surface area contributed by atoms with Crippen molar-refractivity contribution < 1.29 is 14.0 Å². The third-order valence-corrected chi connectivity index (χ3v) is 4.49. The van der Waals surface area contributed by atoms with E-state index in [0.717, 1.165) is 36.4 Å². The number of pyridine rings is 1. The van der Waals surface area contributed by atoms with Gasteiger partial charge < -0.3 is 19.4 Å². The third-order valence-electron chi connectivity index (χ3n) is 4.49. The Labute approximate surface area is 133 Å². The predicted molar refractivity (Wildman–Crippen MR) is 89.7 cm³/mol. The number of nitrogens with zero attached hydrogens (tertiary/aromatic N) is 1. The molecule has 1 fully saturated rings. The van der Waals surface area contributed by atoms with Gasteiger partial charge in [0.2, 0.25) is 0 Å². The molecule has 22 heavy (non-hydrogen) atoms. The summed E-state index contributed by atoms with van der Waals surface area (Å²) in [5.74, 6) is 0.869. The van der Waals surface area contributed by atoms with Crippen molar-refractivity contribution in [2.45, 2.75) is 52.2 Å². The second kappa shape index (κ2) is 6.56. The summed E-state index contributed by atoms with van der Waals surface area (Å²) in [6.07, 6.45) is 2.80. The average molecular weight is 306 g/mol. The van der Waals surface area contributed by atoms with Crippen LogP contribution in [0.5, 0.6) is 0 Å². The van der Waals surface area contributed by atoms with E-state index >= 15 is 0 Å². The minimum atomic E-state index is -0.361. The SMILES string of the molecule is COCCCNc1cc(C)c(B2OC(C)(C)C(C)(C)O2)cn1. The Kier molecular flexibility index (Phi) is 5.15. The summed E-state index contributed by atoms with van der Waals surface area (Å²) in [7, 11) is 1.35. The first-order chi connectivity index (χ1) is 10.3. The van der Waals surface area contributed by atoms with Gasteiger partial charge >= 0.3 is 7.12 Å². The van der Waals surface area contributed by atoms with Gasteiger partial charge in [0.1, 0.15) is 5.82 Å². The molecule has 2 heterocycles. The fourth-order valence-electron chi connectivity index (χ4n) is 2.31. The molecule has 0 unspecified atom stereocenters. The van der Waals surface area contributed by atoms with E-state index in [1.807, 2.05) is 12.3 Å². The molecule has 1 aromatic heterocycles. The smallest absolute Gasteiger partial charge is 0.399 e. The van der Waals surface area contributed by atoms with Crippen molar-refractivity contribution in [1.82, 2.24) is 4.98 Å². The Hall–Kier alpha value is -1.11. The van der Waals surface area contributed by atoms with Gasteiger partial charge in [0.15, 0.2) is 0 Å². The molecule has 1 aliphatic heterocycles. The van der Waals surface area contributed by atoms with Crippen LogP contribution in [0.15, 0.2) is 12.3 Å². The Balaban J connectivity index is 2.05. The fraction of sp³-hybridized carbons (Fsp3) is 0.688. The van der Waals surface area contributed by atoms with Crippen molar-refractivity contribution in [2.24, 2.45) is 0 Å². The molecule has 122 valence electrons. The van der Waals surface area contributed by atoms with E-state index in [-0.39, 0.29) is 18.3 Å².